The van der Waals surface area contributed by atoms with Crippen LogP contribution in [0.5, 0.6) is 0 Å². The number of rotatable bonds is 9. The number of aromatic carboxylic acids is 1. The molecule has 0 atom stereocenters. The Kier molecular flexibility index (Phi) is 7.21. The quantitative estimate of drug-likeness (QED) is 0.144. The predicted molar refractivity (Wildman–Crippen MR) is 159 cm³/mol. The summed E-state index contributed by atoms with van der Waals surface area (Å²) in [5.41, 5.74) is 3.95. The molecule has 1 N–H and O–H groups in total. The van der Waals surface area contributed by atoms with Gasteiger partial charge in [-0.2, -0.15) is 0 Å². The normalized spacial score (nSPS) is 11.6. The number of carbonyl (C=O) groups is 1. The van der Waals surface area contributed by atoms with Crippen LogP contribution in [0.1, 0.15) is 33.8 Å². The molecule has 0 bridgehead atoms. The summed E-state index contributed by atoms with van der Waals surface area (Å²) in [4.78, 5) is 21.9. The van der Waals surface area contributed by atoms with Gasteiger partial charge in [0.2, 0.25) is 5.13 Å². The highest BCUT2D eigenvalue weighted by molar-refractivity contribution is 7.21. The van der Waals surface area contributed by atoms with Gasteiger partial charge in [0.05, 0.1) is 15.9 Å². The third kappa shape index (κ3) is 5.62. The molecule has 2 heterocycles. The van der Waals surface area contributed by atoms with Crippen LogP contribution in [-0.4, -0.2) is 21.0 Å². The van der Waals surface area contributed by atoms with Crippen molar-refractivity contribution in [1.29, 1.82) is 0 Å². The number of azo groups is 1. The van der Waals surface area contributed by atoms with E-state index in [1.165, 1.54) is 28.2 Å². The molecule has 0 amide bonds. The van der Waals surface area contributed by atoms with Crippen molar-refractivity contribution in [1.82, 2.24) is 9.97 Å². The van der Waals surface area contributed by atoms with E-state index in [0.29, 0.717) is 16.6 Å². The van der Waals surface area contributed by atoms with Gasteiger partial charge in [0, 0.05) is 15.8 Å². The fraction of sp³-hybridized carbons (Fsp3) is 0.129. The first-order valence-corrected chi connectivity index (χ1v) is 14.3. The Morgan fingerprint density at radius 2 is 1.62 bits per heavy atom. The van der Waals surface area contributed by atoms with E-state index < -0.39 is 5.97 Å². The van der Waals surface area contributed by atoms with Crippen LogP contribution in [0.2, 0.25) is 0 Å². The molecule has 0 unspecified atom stereocenters. The Hall–Kier alpha value is -4.27. The lowest BCUT2D eigenvalue weighted by Gasteiger charge is -2.04. The Labute approximate surface area is 233 Å². The first kappa shape index (κ1) is 25.0. The summed E-state index contributed by atoms with van der Waals surface area (Å²) in [5, 5.41) is 22.0. The number of nitrogens with zero attached hydrogens (tertiary/aromatic N) is 4. The van der Waals surface area contributed by atoms with Crippen LogP contribution in [0.3, 0.4) is 0 Å². The van der Waals surface area contributed by atoms with Crippen molar-refractivity contribution in [2.75, 3.05) is 0 Å². The first-order valence-electron chi connectivity index (χ1n) is 12.7. The SMILES string of the molecule is O=C(O)c1nc(-c2ccc3cccc(N=Nc4nc5ccccc5s4)c3c2)sc1CCCCc1ccccc1. The second-order valence-corrected chi connectivity index (χ2v) is 11.3. The van der Waals surface area contributed by atoms with E-state index in [4.69, 9.17) is 0 Å². The summed E-state index contributed by atoms with van der Waals surface area (Å²) in [6.45, 7) is 0. The van der Waals surface area contributed by atoms with Crippen LogP contribution in [0.4, 0.5) is 10.8 Å². The average Bonchev–Trinajstić information content (AvgIpc) is 3.59. The molecule has 6 nitrogen and oxygen atoms in total. The minimum atomic E-state index is -0.985. The zero-order chi connectivity index (χ0) is 26.6. The van der Waals surface area contributed by atoms with Crippen LogP contribution in [0.15, 0.2) is 101 Å². The fourth-order valence-corrected chi connectivity index (χ4v) is 6.43. The van der Waals surface area contributed by atoms with Gasteiger partial charge in [-0.25, -0.2) is 14.8 Å². The Morgan fingerprint density at radius 1 is 0.795 bits per heavy atom. The van der Waals surface area contributed by atoms with Crippen molar-refractivity contribution in [2.45, 2.75) is 25.7 Å². The van der Waals surface area contributed by atoms with Crippen molar-refractivity contribution in [2.24, 2.45) is 10.2 Å². The second-order valence-electron chi connectivity index (χ2n) is 9.17. The lowest BCUT2D eigenvalue weighted by molar-refractivity contribution is 0.0690. The number of carboxylic acid groups (broad SMARTS) is 1. The number of hydrogen-bond donors (Lipinski definition) is 1. The highest BCUT2D eigenvalue weighted by Gasteiger charge is 2.18. The molecule has 0 aliphatic carbocycles. The number of para-hydroxylation sites is 1. The van der Waals surface area contributed by atoms with Gasteiger partial charge in [-0.1, -0.05) is 78.1 Å². The van der Waals surface area contributed by atoms with Crippen LogP contribution >= 0.6 is 22.7 Å². The summed E-state index contributed by atoms with van der Waals surface area (Å²) < 4.78 is 1.07. The largest absolute Gasteiger partial charge is 0.476 e. The summed E-state index contributed by atoms with van der Waals surface area (Å²) >= 11 is 2.96. The molecule has 0 spiro atoms. The summed E-state index contributed by atoms with van der Waals surface area (Å²) in [6.07, 6.45) is 3.58. The molecule has 0 radical (unpaired) electrons. The molecule has 4 aromatic carbocycles. The van der Waals surface area contributed by atoms with Crippen molar-refractivity contribution in [3.8, 4) is 10.6 Å². The van der Waals surface area contributed by atoms with Gasteiger partial charge in [-0.3, -0.25) is 0 Å². The van der Waals surface area contributed by atoms with E-state index in [1.54, 1.807) is 0 Å². The van der Waals surface area contributed by atoms with E-state index in [0.717, 1.165) is 56.4 Å². The van der Waals surface area contributed by atoms with Gasteiger partial charge in [0.15, 0.2) is 5.69 Å². The van der Waals surface area contributed by atoms with Gasteiger partial charge in [0.1, 0.15) is 5.01 Å². The van der Waals surface area contributed by atoms with Crippen molar-refractivity contribution in [3.63, 3.8) is 0 Å². The molecule has 0 aliphatic heterocycles. The summed E-state index contributed by atoms with van der Waals surface area (Å²) in [5.74, 6) is -0.985. The van der Waals surface area contributed by atoms with Crippen molar-refractivity contribution < 1.29 is 9.90 Å². The Morgan fingerprint density at radius 3 is 2.46 bits per heavy atom. The predicted octanol–water partition coefficient (Wildman–Crippen LogP) is 9.25. The Balaban J connectivity index is 1.25. The number of fused-ring (bicyclic) bond motifs is 2. The van der Waals surface area contributed by atoms with E-state index in [-0.39, 0.29) is 5.69 Å². The van der Waals surface area contributed by atoms with Crippen LogP contribution in [0, 0.1) is 0 Å². The number of unbranched alkanes of at least 4 members (excludes halogenated alkanes) is 1. The van der Waals surface area contributed by atoms with Crippen LogP contribution in [0.25, 0.3) is 31.6 Å². The summed E-state index contributed by atoms with van der Waals surface area (Å²) in [6, 6.07) is 30.2. The molecular formula is C31H24N4O2S2. The lowest BCUT2D eigenvalue weighted by atomic mass is 10.1. The molecular weight excluding hydrogens is 525 g/mol. The molecule has 0 fully saturated rings. The summed E-state index contributed by atoms with van der Waals surface area (Å²) in [7, 11) is 0. The van der Waals surface area contributed by atoms with E-state index in [2.05, 4.69) is 32.3 Å². The number of benzene rings is 4. The molecule has 0 saturated heterocycles. The average molecular weight is 549 g/mol. The number of thiazole rings is 2. The molecule has 192 valence electrons. The van der Waals surface area contributed by atoms with E-state index in [1.807, 2.05) is 78.9 Å². The topological polar surface area (TPSA) is 87.8 Å². The van der Waals surface area contributed by atoms with E-state index in [9.17, 15) is 9.90 Å². The first-order chi connectivity index (χ1) is 19.1. The number of aromatic nitrogens is 2. The van der Waals surface area contributed by atoms with Gasteiger partial charge in [0.25, 0.3) is 0 Å². The number of aryl methyl sites for hydroxylation is 2. The maximum Gasteiger partial charge on any atom is 0.355 e. The number of carboxylic acids is 1. The van der Waals surface area contributed by atoms with Gasteiger partial charge < -0.3 is 5.11 Å². The standard InChI is InChI=1S/C31H24N4O2S2/c36-30(37)28-27(16-6-4-11-20-9-2-1-3-10-20)38-29(33-28)22-18-17-21-12-8-14-24(23(21)19-22)34-35-31-32-25-13-5-7-15-26(25)39-31/h1-3,5,7-10,12-15,17-19H,4,6,11,16H2,(H,36,37). The maximum atomic E-state index is 12.0. The number of hydrogen-bond acceptors (Lipinski definition) is 7. The molecule has 8 heteroatoms. The van der Waals surface area contributed by atoms with Crippen LogP contribution < -0.4 is 0 Å². The molecule has 0 aliphatic rings. The van der Waals surface area contributed by atoms with E-state index >= 15 is 0 Å². The third-order valence-corrected chi connectivity index (χ3v) is 8.58. The molecule has 6 rings (SSSR count). The molecule has 6 aromatic rings. The maximum absolute atomic E-state index is 12.0. The monoisotopic (exact) mass is 548 g/mol. The Bertz CT molecular complexity index is 1780. The highest BCUT2D eigenvalue weighted by Crippen LogP contribution is 2.36. The molecule has 39 heavy (non-hydrogen) atoms. The molecule has 0 saturated carbocycles. The third-order valence-electron chi connectivity index (χ3n) is 6.49. The van der Waals surface area contributed by atoms with Crippen molar-refractivity contribution in [3.05, 3.63) is 107 Å². The zero-order valence-corrected chi connectivity index (χ0v) is 22.6. The zero-order valence-electron chi connectivity index (χ0n) is 20.9. The van der Waals surface area contributed by atoms with Gasteiger partial charge in [-0.05, 0) is 60.9 Å². The van der Waals surface area contributed by atoms with Gasteiger partial charge in [-0.15, -0.1) is 21.6 Å². The fourth-order valence-electron chi connectivity index (χ4n) is 4.55. The lowest BCUT2D eigenvalue weighted by Crippen LogP contribution is -2.01. The smallest absolute Gasteiger partial charge is 0.355 e. The minimum Gasteiger partial charge on any atom is -0.476 e. The highest BCUT2D eigenvalue weighted by atomic mass is 32.1. The molecule has 2 aromatic heterocycles. The van der Waals surface area contributed by atoms with Crippen molar-refractivity contribution >= 4 is 60.5 Å². The minimum absolute atomic E-state index is 0.151. The van der Waals surface area contributed by atoms with Crippen LogP contribution in [-0.2, 0) is 12.8 Å². The second kappa shape index (κ2) is 11.2. The van der Waals surface area contributed by atoms with Gasteiger partial charge >= 0.3 is 5.97 Å².